The number of aromatic nitrogens is 2. The lowest BCUT2D eigenvalue weighted by Gasteiger charge is -2.09. The maximum Gasteiger partial charge on any atom is 0.249 e. The van der Waals surface area contributed by atoms with E-state index in [2.05, 4.69) is 17.1 Å². The number of nitrogens with zero attached hydrogens (tertiary/aromatic N) is 1. The maximum absolute atomic E-state index is 13.1. The number of hydrogen-bond donors (Lipinski definition) is 2. The SMILES string of the molecule is CCCCCc1c[nH]c(-c2ccccc2C(N)=O)c1C(=O)c1cnoc1. The minimum atomic E-state index is -0.536. The molecule has 0 radical (unpaired) electrons. The van der Waals surface area contributed by atoms with Crippen molar-refractivity contribution >= 4 is 11.7 Å². The molecule has 0 aliphatic carbocycles. The number of nitrogens with one attached hydrogen (secondary N) is 1. The second-order valence-electron chi connectivity index (χ2n) is 6.17. The van der Waals surface area contributed by atoms with Gasteiger partial charge in [-0.15, -0.1) is 0 Å². The molecule has 0 saturated carbocycles. The summed E-state index contributed by atoms with van der Waals surface area (Å²) in [5.74, 6) is -0.723. The van der Waals surface area contributed by atoms with Crippen LogP contribution in [0.15, 0.2) is 47.4 Å². The van der Waals surface area contributed by atoms with Gasteiger partial charge in [-0.1, -0.05) is 43.1 Å². The van der Waals surface area contributed by atoms with Gasteiger partial charge in [-0.3, -0.25) is 9.59 Å². The van der Waals surface area contributed by atoms with Crippen LogP contribution in [-0.2, 0) is 6.42 Å². The maximum atomic E-state index is 13.1. The quantitative estimate of drug-likeness (QED) is 0.477. The zero-order valence-electron chi connectivity index (χ0n) is 14.6. The van der Waals surface area contributed by atoms with E-state index in [1.807, 2.05) is 12.3 Å². The fourth-order valence-corrected chi connectivity index (χ4v) is 3.08. The van der Waals surface area contributed by atoms with Gasteiger partial charge in [0, 0.05) is 17.3 Å². The van der Waals surface area contributed by atoms with Gasteiger partial charge in [0.05, 0.1) is 23.0 Å². The summed E-state index contributed by atoms with van der Waals surface area (Å²) >= 11 is 0. The number of ketones is 1. The zero-order valence-corrected chi connectivity index (χ0v) is 14.6. The smallest absolute Gasteiger partial charge is 0.249 e. The van der Waals surface area contributed by atoms with Crippen LogP contribution < -0.4 is 5.73 Å². The van der Waals surface area contributed by atoms with Crippen molar-refractivity contribution in [1.82, 2.24) is 10.1 Å². The summed E-state index contributed by atoms with van der Waals surface area (Å²) in [6.45, 7) is 2.13. The molecule has 3 aromatic rings. The number of unbranched alkanes of at least 4 members (excludes halogenated alkanes) is 2. The number of nitrogens with two attached hydrogens (primary N) is 1. The van der Waals surface area contributed by atoms with Crippen molar-refractivity contribution in [1.29, 1.82) is 0 Å². The average molecular weight is 351 g/mol. The molecule has 3 N–H and O–H groups in total. The molecular weight excluding hydrogens is 330 g/mol. The lowest BCUT2D eigenvalue weighted by molar-refractivity contribution is 0.0998. The second-order valence-corrected chi connectivity index (χ2v) is 6.17. The molecular formula is C20H21N3O3. The van der Waals surface area contributed by atoms with Crippen LogP contribution in [0.25, 0.3) is 11.3 Å². The van der Waals surface area contributed by atoms with Gasteiger partial charge < -0.3 is 15.2 Å². The Morgan fingerprint density at radius 2 is 2.04 bits per heavy atom. The highest BCUT2D eigenvalue weighted by atomic mass is 16.5. The zero-order chi connectivity index (χ0) is 18.5. The number of carbonyl (C=O) groups is 2. The first-order chi connectivity index (χ1) is 12.6. The Kier molecular flexibility index (Phi) is 5.31. The molecule has 1 aromatic carbocycles. The molecule has 0 unspecified atom stereocenters. The van der Waals surface area contributed by atoms with E-state index in [-0.39, 0.29) is 5.78 Å². The molecule has 0 spiro atoms. The standard InChI is InChI=1S/C20H21N3O3/c1-2-3-4-7-13-10-22-18(15-8-5-6-9-16(15)20(21)25)17(13)19(24)14-11-23-26-12-14/h5-6,8-12,22H,2-4,7H2,1H3,(H2,21,25). The van der Waals surface area contributed by atoms with Crippen LogP contribution in [0.5, 0.6) is 0 Å². The molecule has 26 heavy (non-hydrogen) atoms. The van der Waals surface area contributed by atoms with Crippen LogP contribution in [0.2, 0.25) is 0 Å². The van der Waals surface area contributed by atoms with Crippen molar-refractivity contribution < 1.29 is 14.1 Å². The van der Waals surface area contributed by atoms with Crippen LogP contribution in [0.1, 0.15) is 58.0 Å². The molecule has 0 aliphatic rings. The fraction of sp³-hybridized carbons (Fsp3) is 0.250. The molecule has 0 fully saturated rings. The van der Waals surface area contributed by atoms with Crippen molar-refractivity contribution in [3.8, 4) is 11.3 Å². The highest BCUT2D eigenvalue weighted by molar-refractivity contribution is 6.14. The molecule has 134 valence electrons. The van der Waals surface area contributed by atoms with Crippen LogP contribution >= 0.6 is 0 Å². The fourth-order valence-electron chi connectivity index (χ4n) is 3.08. The van der Waals surface area contributed by atoms with Crippen molar-refractivity contribution in [3.05, 3.63) is 65.2 Å². The van der Waals surface area contributed by atoms with E-state index in [1.54, 1.807) is 18.2 Å². The van der Waals surface area contributed by atoms with E-state index in [4.69, 9.17) is 10.3 Å². The van der Waals surface area contributed by atoms with Gasteiger partial charge in [0.15, 0.2) is 5.78 Å². The lowest BCUT2D eigenvalue weighted by Crippen LogP contribution is -2.13. The molecule has 6 nitrogen and oxygen atoms in total. The number of rotatable bonds is 8. The third-order valence-electron chi connectivity index (χ3n) is 4.39. The second kappa shape index (κ2) is 7.82. The number of hydrogen-bond acceptors (Lipinski definition) is 4. The molecule has 0 atom stereocenters. The first kappa shape index (κ1) is 17.7. The van der Waals surface area contributed by atoms with E-state index in [0.717, 1.165) is 31.2 Å². The molecule has 2 heterocycles. The molecule has 6 heteroatoms. The monoisotopic (exact) mass is 351 g/mol. The minimum Gasteiger partial charge on any atom is -0.366 e. The Morgan fingerprint density at radius 1 is 1.23 bits per heavy atom. The number of benzene rings is 1. The molecule has 0 bridgehead atoms. The molecule has 2 aromatic heterocycles. The Bertz CT molecular complexity index is 910. The van der Waals surface area contributed by atoms with Gasteiger partial charge in [0.2, 0.25) is 5.91 Å². The number of carbonyl (C=O) groups excluding carboxylic acids is 2. The van der Waals surface area contributed by atoms with E-state index >= 15 is 0 Å². The Balaban J connectivity index is 2.11. The topological polar surface area (TPSA) is 102 Å². The van der Waals surface area contributed by atoms with E-state index < -0.39 is 5.91 Å². The number of H-pyrrole nitrogens is 1. The summed E-state index contributed by atoms with van der Waals surface area (Å²) in [7, 11) is 0. The largest absolute Gasteiger partial charge is 0.366 e. The Morgan fingerprint density at radius 3 is 2.73 bits per heavy atom. The number of primary amides is 1. The lowest BCUT2D eigenvalue weighted by atomic mass is 9.93. The molecule has 1 amide bonds. The summed E-state index contributed by atoms with van der Waals surface area (Å²) in [5, 5.41) is 3.63. The number of aryl methyl sites for hydroxylation is 1. The molecule has 3 rings (SSSR count). The number of amides is 1. The average Bonchev–Trinajstić information content (AvgIpc) is 3.31. The highest BCUT2D eigenvalue weighted by Crippen LogP contribution is 2.31. The summed E-state index contributed by atoms with van der Waals surface area (Å²) in [6, 6.07) is 7.00. The van der Waals surface area contributed by atoms with Crippen LogP contribution in [-0.4, -0.2) is 21.8 Å². The number of aromatic amines is 1. The summed E-state index contributed by atoms with van der Waals surface area (Å²) in [4.78, 5) is 28.1. The third-order valence-corrected chi connectivity index (χ3v) is 4.39. The van der Waals surface area contributed by atoms with Crippen LogP contribution in [0.3, 0.4) is 0 Å². The highest BCUT2D eigenvalue weighted by Gasteiger charge is 2.24. The van der Waals surface area contributed by atoms with Gasteiger partial charge in [-0.2, -0.15) is 0 Å². The van der Waals surface area contributed by atoms with Crippen molar-refractivity contribution in [2.24, 2.45) is 5.73 Å². The normalized spacial score (nSPS) is 10.8. The summed E-state index contributed by atoms with van der Waals surface area (Å²) < 4.78 is 4.82. The van der Waals surface area contributed by atoms with Gasteiger partial charge in [0.1, 0.15) is 6.26 Å². The predicted octanol–water partition coefficient (Wildman–Crippen LogP) is 3.73. The van der Waals surface area contributed by atoms with Gasteiger partial charge in [-0.25, -0.2) is 0 Å². The van der Waals surface area contributed by atoms with E-state index in [1.165, 1.54) is 12.5 Å². The van der Waals surface area contributed by atoms with Gasteiger partial charge >= 0.3 is 0 Å². The third kappa shape index (κ3) is 3.44. The summed E-state index contributed by atoms with van der Waals surface area (Å²) in [6.07, 6.45) is 8.49. The predicted molar refractivity (Wildman–Crippen MR) is 97.9 cm³/mol. The Hall–Kier alpha value is -3.15. The van der Waals surface area contributed by atoms with Crippen molar-refractivity contribution in [2.75, 3.05) is 0 Å². The van der Waals surface area contributed by atoms with Crippen molar-refractivity contribution in [2.45, 2.75) is 32.6 Å². The van der Waals surface area contributed by atoms with Gasteiger partial charge in [0.25, 0.3) is 0 Å². The van der Waals surface area contributed by atoms with Gasteiger partial charge in [-0.05, 0) is 24.5 Å². The van der Waals surface area contributed by atoms with E-state index in [0.29, 0.717) is 27.9 Å². The van der Waals surface area contributed by atoms with Crippen LogP contribution in [0.4, 0.5) is 0 Å². The first-order valence-electron chi connectivity index (χ1n) is 8.67. The first-order valence-corrected chi connectivity index (χ1v) is 8.67. The molecule has 0 saturated heterocycles. The molecule has 0 aliphatic heterocycles. The Labute approximate surface area is 151 Å². The van der Waals surface area contributed by atoms with Crippen molar-refractivity contribution in [3.63, 3.8) is 0 Å². The summed E-state index contributed by atoms with van der Waals surface area (Å²) in [5.41, 5.74) is 8.92. The minimum absolute atomic E-state index is 0.187. The van der Waals surface area contributed by atoms with E-state index in [9.17, 15) is 9.59 Å². The van der Waals surface area contributed by atoms with Crippen LogP contribution in [0, 0.1) is 0 Å².